The van der Waals surface area contributed by atoms with Crippen LogP contribution in [0.3, 0.4) is 0 Å². The lowest BCUT2D eigenvalue weighted by atomic mass is 9.82. The van der Waals surface area contributed by atoms with E-state index in [0.29, 0.717) is 37.0 Å². The molecule has 2 N–H and O–H groups in total. The van der Waals surface area contributed by atoms with Crippen LogP contribution in [0, 0.1) is 11.6 Å². The van der Waals surface area contributed by atoms with Crippen molar-refractivity contribution >= 4 is 29.9 Å². The van der Waals surface area contributed by atoms with Gasteiger partial charge in [-0.1, -0.05) is 6.42 Å². The molecule has 0 aromatic heterocycles. The van der Waals surface area contributed by atoms with Crippen LogP contribution in [0.25, 0.3) is 0 Å². The van der Waals surface area contributed by atoms with Gasteiger partial charge < -0.3 is 20.3 Å². The first-order valence-corrected chi connectivity index (χ1v) is 9.33. The first-order valence-electron chi connectivity index (χ1n) is 9.33. The largest absolute Gasteiger partial charge is 0.492 e. The quantitative estimate of drug-likeness (QED) is 0.286. The number of halogens is 3. The summed E-state index contributed by atoms with van der Waals surface area (Å²) in [4.78, 5) is 6.82. The predicted molar refractivity (Wildman–Crippen MR) is 114 cm³/mol. The van der Waals surface area contributed by atoms with Crippen LogP contribution in [-0.2, 0) is 0 Å². The number of piperidine rings is 2. The molecule has 1 aromatic rings. The van der Waals surface area contributed by atoms with Gasteiger partial charge in [-0.2, -0.15) is 0 Å². The van der Waals surface area contributed by atoms with Gasteiger partial charge in [0.25, 0.3) is 0 Å². The van der Waals surface area contributed by atoms with E-state index < -0.39 is 11.6 Å². The molecule has 1 aromatic carbocycles. The number of benzene rings is 1. The lowest BCUT2D eigenvalue weighted by Crippen LogP contribution is -2.56. The molecule has 152 valence electrons. The molecule has 5 nitrogen and oxygen atoms in total. The van der Waals surface area contributed by atoms with Crippen molar-refractivity contribution in [2.75, 3.05) is 27.2 Å². The first-order chi connectivity index (χ1) is 12.6. The second-order valence-electron chi connectivity index (χ2n) is 7.14. The number of hydrogen-bond donors (Lipinski definition) is 2. The van der Waals surface area contributed by atoms with Gasteiger partial charge in [0.1, 0.15) is 12.4 Å². The fraction of sp³-hybridized carbons (Fsp3) is 0.632. The van der Waals surface area contributed by atoms with E-state index in [1.54, 1.807) is 7.05 Å². The van der Waals surface area contributed by atoms with E-state index in [-0.39, 0.29) is 24.0 Å². The highest BCUT2D eigenvalue weighted by molar-refractivity contribution is 14.0. The van der Waals surface area contributed by atoms with E-state index in [0.717, 1.165) is 30.9 Å². The molecule has 0 amide bonds. The zero-order valence-corrected chi connectivity index (χ0v) is 18.2. The van der Waals surface area contributed by atoms with Gasteiger partial charge in [-0.3, -0.25) is 4.99 Å². The van der Waals surface area contributed by atoms with Crippen LogP contribution < -0.4 is 15.4 Å². The van der Waals surface area contributed by atoms with Gasteiger partial charge in [0.2, 0.25) is 0 Å². The maximum absolute atomic E-state index is 13.2. The van der Waals surface area contributed by atoms with Crippen LogP contribution in [0.15, 0.2) is 23.2 Å². The van der Waals surface area contributed by atoms with Crippen LogP contribution in [0.5, 0.6) is 5.75 Å². The summed E-state index contributed by atoms with van der Waals surface area (Å²) in [5, 5.41) is 6.74. The molecule has 2 aliphatic rings. The number of ether oxygens (including phenoxy) is 1. The van der Waals surface area contributed by atoms with Crippen LogP contribution in [0.4, 0.5) is 8.78 Å². The zero-order valence-electron chi connectivity index (χ0n) is 15.9. The Hall–Kier alpha value is -1.16. The fourth-order valence-corrected chi connectivity index (χ4v) is 4.03. The number of hydrogen-bond acceptors (Lipinski definition) is 3. The van der Waals surface area contributed by atoms with Crippen molar-refractivity contribution in [2.45, 2.75) is 50.2 Å². The van der Waals surface area contributed by atoms with E-state index in [1.165, 1.54) is 25.3 Å². The number of aliphatic imine (C=N–C) groups is 1. The molecule has 27 heavy (non-hydrogen) atoms. The Morgan fingerprint density at radius 2 is 1.93 bits per heavy atom. The zero-order chi connectivity index (χ0) is 18.5. The molecule has 2 heterocycles. The Labute approximate surface area is 177 Å². The highest BCUT2D eigenvalue weighted by Crippen LogP contribution is 2.32. The second kappa shape index (κ2) is 10.4. The van der Waals surface area contributed by atoms with Crippen LogP contribution in [0.1, 0.15) is 32.1 Å². The lowest BCUT2D eigenvalue weighted by Gasteiger charge is -2.47. The van der Waals surface area contributed by atoms with Crippen LogP contribution in [-0.4, -0.2) is 56.2 Å². The maximum Gasteiger partial charge on any atom is 0.191 e. The summed E-state index contributed by atoms with van der Waals surface area (Å²) in [5.74, 6) is -0.702. The number of nitrogens with one attached hydrogen (secondary N) is 2. The third-order valence-electron chi connectivity index (χ3n) is 5.46. The van der Waals surface area contributed by atoms with E-state index in [2.05, 4.69) is 27.6 Å². The summed E-state index contributed by atoms with van der Waals surface area (Å²) in [6.45, 7) is 0.864. The van der Waals surface area contributed by atoms with E-state index >= 15 is 0 Å². The Morgan fingerprint density at radius 3 is 2.56 bits per heavy atom. The average molecular weight is 494 g/mol. The summed E-state index contributed by atoms with van der Waals surface area (Å²) < 4.78 is 31.5. The second-order valence-corrected chi connectivity index (χ2v) is 7.14. The van der Waals surface area contributed by atoms with Gasteiger partial charge in [-0.05, 0) is 44.9 Å². The molecule has 0 radical (unpaired) electrons. The van der Waals surface area contributed by atoms with Gasteiger partial charge in [-0.25, -0.2) is 8.78 Å². The molecule has 2 fully saturated rings. The maximum atomic E-state index is 13.2. The number of nitrogens with zero attached hydrogens (tertiary/aromatic N) is 2. The summed E-state index contributed by atoms with van der Waals surface area (Å²) in [7, 11) is 3.99. The highest BCUT2D eigenvalue weighted by Gasteiger charge is 2.36. The number of fused-ring (bicyclic) bond motifs is 2. The number of rotatable bonds is 5. The lowest BCUT2D eigenvalue weighted by molar-refractivity contribution is 0.0526. The van der Waals surface area contributed by atoms with Crippen LogP contribution in [0.2, 0.25) is 0 Å². The average Bonchev–Trinajstić information content (AvgIpc) is 2.61. The molecule has 2 unspecified atom stereocenters. The normalized spacial score (nSPS) is 25.5. The van der Waals surface area contributed by atoms with Gasteiger partial charge >= 0.3 is 0 Å². The molecular weight excluding hydrogens is 465 g/mol. The highest BCUT2D eigenvalue weighted by atomic mass is 127. The van der Waals surface area contributed by atoms with Gasteiger partial charge in [0.15, 0.2) is 17.6 Å². The van der Waals surface area contributed by atoms with Crippen molar-refractivity contribution in [3.05, 3.63) is 29.8 Å². The summed E-state index contributed by atoms with van der Waals surface area (Å²) in [6.07, 6.45) is 6.16. The van der Waals surface area contributed by atoms with Crippen molar-refractivity contribution in [1.82, 2.24) is 15.5 Å². The molecule has 0 saturated carbocycles. The van der Waals surface area contributed by atoms with E-state index in [9.17, 15) is 8.78 Å². The van der Waals surface area contributed by atoms with E-state index in [1.807, 2.05) is 0 Å². The third-order valence-corrected chi connectivity index (χ3v) is 5.46. The van der Waals surface area contributed by atoms with Crippen LogP contribution >= 0.6 is 24.0 Å². The van der Waals surface area contributed by atoms with E-state index in [4.69, 9.17) is 4.74 Å². The Morgan fingerprint density at radius 1 is 1.22 bits per heavy atom. The standard InChI is InChI=1S/C19H28F2N4O.HI/c1-22-19(23-8-9-26-16-6-7-17(20)18(21)12-16)24-13-10-14-4-3-5-15(11-13)25(14)2;/h6-7,12-15H,3-5,8-11H2,1-2H3,(H2,22,23,24);1H. The Balaban J connectivity index is 0.00000261. The molecule has 2 bridgehead atoms. The van der Waals surface area contributed by atoms with Crippen molar-refractivity contribution in [2.24, 2.45) is 4.99 Å². The van der Waals surface area contributed by atoms with Crippen molar-refractivity contribution in [3.8, 4) is 5.75 Å². The molecule has 8 heteroatoms. The molecule has 2 atom stereocenters. The summed E-state index contributed by atoms with van der Waals surface area (Å²) in [6, 6.07) is 5.29. The molecule has 0 spiro atoms. The smallest absolute Gasteiger partial charge is 0.191 e. The molecule has 2 aliphatic heterocycles. The Bertz CT molecular complexity index is 632. The monoisotopic (exact) mass is 494 g/mol. The topological polar surface area (TPSA) is 48.9 Å². The number of guanidine groups is 1. The molecule has 0 aliphatic carbocycles. The predicted octanol–water partition coefficient (Wildman–Crippen LogP) is 3.14. The fourth-order valence-electron chi connectivity index (χ4n) is 4.03. The van der Waals surface area contributed by atoms with Gasteiger partial charge in [0.05, 0.1) is 6.54 Å². The van der Waals surface area contributed by atoms with Gasteiger partial charge in [0, 0.05) is 31.2 Å². The summed E-state index contributed by atoms with van der Waals surface area (Å²) in [5.41, 5.74) is 0. The molecule has 2 saturated heterocycles. The van der Waals surface area contributed by atoms with Crippen molar-refractivity contribution < 1.29 is 13.5 Å². The minimum atomic E-state index is -0.902. The minimum absolute atomic E-state index is 0. The summed E-state index contributed by atoms with van der Waals surface area (Å²) >= 11 is 0. The first kappa shape index (κ1) is 22.1. The minimum Gasteiger partial charge on any atom is -0.492 e. The molecule has 3 rings (SSSR count). The van der Waals surface area contributed by atoms with Gasteiger partial charge in [-0.15, -0.1) is 24.0 Å². The van der Waals surface area contributed by atoms with Crippen molar-refractivity contribution in [1.29, 1.82) is 0 Å². The van der Waals surface area contributed by atoms with Crippen molar-refractivity contribution in [3.63, 3.8) is 0 Å². The Kier molecular flexibility index (Phi) is 8.53. The SMILES string of the molecule is CN=C(NCCOc1ccc(F)c(F)c1)NC1CC2CCCC(C1)N2C.I. The molecular formula is C19H29F2IN4O. The third kappa shape index (κ3) is 5.91.